The van der Waals surface area contributed by atoms with E-state index in [-0.39, 0.29) is 11.7 Å². The van der Waals surface area contributed by atoms with Crippen LogP contribution in [0.4, 0.5) is 11.4 Å². The zero-order valence-corrected chi connectivity index (χ0v) is 12.0. The SMILES string of the molecule is COc1ccc(NCc2ccccc2NC(C)=O)cc1O. The molecule has 21 heavy (non-hydrogen) atoms. The summed E-state index contributed by atoms with van der Waals surface area (Å²) in [5, 5.41) is 15.7. The van der Waals surface area contributed by atoms with Crippen LogP contribution in [-0.2, 0) is 11.3 Å². The number of carbonyl (C=O) groups is 1. The third-order valence-electron chi connectivity index (χ3n) is 2.99. The fourth-order valence-corrected chi connectivity index (χ4v) is 1.98. The Hall–Kier alpha value is -2.69. The van der Waals surface area contributed by atoms with Gasteiger partial charge in [-0.25, -0.2) is 0 Å². The summed E-state index contributed by atoms with van der Waals surface area (Å²) in [6.07, 6.45) is 0. The van der Waals surface area contributed by atoms with E-state index in [4.69, 9.17) is 4.74 Å². The fraction of sp³-hybridized carbons (Fsp3) is 0.188. The number of hydrogen-bond donors (Lipinski definition) is 3. The van der Waals surface area contributed by atoms with Crippen molar-refractivity contribution in [2.24, 2.45) is 0 Å². The number of phenolic OH excluding ortho intramolecular Hbond substituents is 1. The molecule has 0 aliphatic heterocycles. The summed E-state index contributed by atoms with van der Waals surface area (Å²) in [6.45, 7) is 2.01. The van der Waals surface area contributed by atoms with E-state index in [0.29, 0.717) is 12.3 Å². The van der Waals surface area contributed by atoms with E-state index in [1.165, 1.54) is 14.0 Å². The Labute approximate surface area is 123 Å². The molecule has 0 spiro atoms. The van der Waals surface area contributed by atoms with Crippen LogP contribution >= 0.6 is 0 Å². The van der Waals surface area contributed by atoms with Crippen LogP contribution in [-0.4, -0.2) is 18.1 Å². The van der Waals surface area contributed by atoms with Crippen molar-refractivity contribution in [1.82, 2.24) is 0 Å². The molecule has 0 aliphatic carbocycles. The van der Waals surface area contributed by atoms with Gasteiger partial charge in [0.1, 0.15) is 0 Å². The first-order valence-corrected chi connectivity index (χ1v) is 6.56. The first-order valence-electron chi connectivity index (χ1n) is 6.56. The Morgan fingerprint density at radius 3 is 2.67 bits per heavy atom. The second-order valence-electron chi connectivity index (χ2n) is 4.58. The summed E-state index contributed by atoms with van der Waals surface area (Å²) in [5.41, 5.74) is 2.50. The van der Waals surface area contributed by atoms with E-state index in [9.17, 15) is 9.90 Å². The summed E-state index contributed by atoms with van der Waals surface area (Å²) in [5.74, 6) is 0.404. The normalized spacial score (nSPS) is 10.0. The highest BCUT2D eigenvalue weighted by atomic mass is 16.5. The zero-order valence-electron chi connectivity index (χ0n) is 12.0. The molecule has 5 nitrogen and oxygen atoms in total. The molecular formula is C16H18N2O3. The molecule has 0 aromatic heterocycles. The molecule has 0 saturated carbocycles. The molecule has 2 aromatic rings. The van der Waals surface area contributed by atoms with Crippen molar-refractivity contribution in [1.29, 1.82) is 0 Å². The predicted molar refractivity (Wildman–Crippen MR) is 82.7 cm³/mol. The molecule has 0 radical (unpaired) electrons. The topological polar surface area (TPSA) is 70.6 Å². The van der Waals surface area contributed by atoms with Crippen LogP contribution in [0.5, 0.6) is 11.5 Å². The van der Waals surface area contributed by atoms with Gasteiger partial charge in [0, 0.05) is 30.9 Å². The highest BCUT2D eigenvalue weighted by Gasteiger charge is 2.05. The minimum atomic E-state index is -0.107. The molecule has 0 unspecified atom stereocenters. The van der Waals surface area contributed by atoms with Crippen molar-refractivity contribution < 1.29 is 14.6 Å². The maximum absolute atomic E-state index is 11.2. The number of nitrogens with one attached hydrogen (secondary N) is 2. The van der Waals surface area contributed by atoms with Crippen LogP contribution in [0.2, 0.25) is 0 Å². The van der Waals surface area contributed by atoms with Crippen molar-refractivity contribution in [3.8, 4) is 11.5 Å². The maximum atomic E-state index is 11.2. The Balaban J connectivity index is 2.09. The quantitative estimate of drug-likeness (QED) is 0.790. The van der Waals surface area contributed by atoms with Crippen molar-refractivity contribution >= 4 is 17.3 Å². The number of ether oxygens (including phenoxy) is 1. The van der Waals surface area contributed by atoms with Gasteiger partial charge in [0.2, 0.25) is 5.91 Å². The molecular weight excluding hydrogens is 268 g/mol. The number of amides is 1. The Bertz CT molecular complexity index is 641. The number of anilines is 2. The minimum Gasteiger partial charge on any atom is -0.504 e. The number of para-hydroxylation sites is 1. The highest BCUT2D eigenvalue weighted by Crippen LogP contribution is 2.29. The van der Waals surface area contributed by atoms with Gasteiger partial charge in [0.15, 0.2) is 11.5 Å². The molecule has 0 aliphatic rings. The van der Waals surface area contributed by atoms with Gasteiger partial charge in [-0.3, -0.25) is 4.79 Å². The molecule has 2 rings (SSSR count). The molecule has 3 N–H and O–H groups in total. The van der Waals surface area contributed by atoms with Gasteiger partial charge in [0.05, 0.1) is 7.11 Å². The number of aromatic hydroxyl groups is 1. The van der Waals surface area contributed by atoms with Crippen molar-refractivity contribution in [2.75, 3.05) is 17.7 Å². The van der Waals surface area contributed by atoms with E-state index >= 15 is 0 Å². The fourth-order valence-electron chi connectivity index (χ4n) is 1.98. The monoisotopic (exact) mass is 286 g/mol. The maximum Gasteiger partial charge on any atom is 0.221 e. The average molecular weight is 286 g/mol. The second-order valence-corrected chi connectivity index (χ2v) is 4.58. The van der Waals surface area contributed by atoms with E-state index in [1.54, 1.807) is 12.1 Å². The Morgan fingerprint density at radius 1 is 1.24 bits per heavy atom. The van der Waals surface area contributed by atoms with Gasteiger partial charge >= 0.3 is 0 Å². The van der Waals surface area contributed by atoms with Crippen molar-refractivity contribution in [2.45, 2.75) is 13.5 Å². The smallest absolute Gasteiger partial charge is 0.221 e. The number of benzene rings is 2. The third kappa shape index (κ3) is 3.89. The van der Waals surface area contributed by atoms with Crippen LogP contribution in [0, 0.1) is 0 Å². The highest BCUT2D eigenvalue weighted by molar-refractivity contribution is 5.89. The lowest BCUT2D eigenvalue weighted by molar-refractivity contribution is -0.114. The number of phenols is 1. The molecule has 110 valence electrons. The Morgan fingerprint density at radius 2 is 2.00 bits per heavy atom. The summed E-state index contributed by atoms with van der Waals surface area (Å²) in [4.78, 5) is 11.2. The van der Waals surface area contributed by atoms with Crippen molar-refractivity contribution in [3.63, 3.8) is 0 Å². The number of rotatable bonds is 5. The van der Waals surface area contributed by atoms with Crippen LogP contribution in [0.3, 0.4) is 0 Å². The van der Waals surface area contributed by atoms with Gasteiger partial charge in [-0.2, -0.15) is 0 Å². The van der Waals surface area contributed by atoms with Crippen LogP contribution in [0.15, 0.2) is 42.5 Å². The number of hydrogen-bond acceptors (Lipinski definition) is 4. The van der Waals surface area contributed by atoms with Crippen LogP contribution in [0.1, 0.15) is 12.5 Å². The lowest BCUT2D eigenvalue weighted by atomic mass is 10.1. The number of carbonyl (C=O) groups excluding carboxylic acids is 1. The minimum absolute atomic E-state index is 0.0812. The first-order chi connectivity index (χ1) is 10.1. The number of methoxy groups -OCH3 is 1. The van der Waals surface area contributed by atoms with E-state index in [2.05, 4.69) is 10.6 Å². The van der Waals surface area contributed by atoms with Crippen LogP contribution < -0.4 is 15.4 Å². The predicted octanol–water partition coefficient (Wildman–Crippen LogP) is 2.97. The average Bonchev–Trinajstić information content (AvgIpc) is 2.46. The molecule has 2 aromatic carbocycles. The molecule has 5 heteroatoms. The van der Waals surface area contributed by atoms with Gasteiger partial charge in [-0.05, 0) is 23.8 Å². The second kappa shape index (κ2) is 6.65. The summed E-state index contributed by atoms with van der Waals surface area (Å²) in [6, 6.07) is 12.7. The standard InChI is InChI=1S/C16H18N2O3/c1-11(19)18-14-6-4-3-5-12(14)10-17-13-7-8-16(21-2)15(20)9-13/h3-9,17,20H,10H2,1-2H3,(H,18,19). The lowest BCUT2D eigenvalue weighted by Gasteiger charge is -2.12. The van der Waals surface area contributed by atoms with E-state index < -0.39 is 0 Å². The molecule has 0 saturated heterocycles. The van der Waals surface area contributed by atoms with Crippen LogP contribution in [0.25, 0.3) is 0 Å². The van der Waals surface area contributed by atoms with E-state index in [1.807, 2.05) is 30.3 Å². The van der Waals surface area contributed by atoms with E-state index in [0.717, 1.165) is 16.9 Å². The van der Waals surface area contributed by atoms with Crippen molar-refractivity contribution in [3.05, 3.63) is 48.0 Å². The first kappa shape index (κ1) is 14.7. The van der Waals surface area contributed by atoms with Gasteiger partial charge in [0.25, 0.3) is 0 Å². The molecule has 1 amide bonds. The third-order valence-corrected chi connectivity index (χ3v) is 2.99. The van der Waals surface area contributed by atoms with Gasteiger partial charge < -0.3 is 20.5 Å². The molecule has 0 atom stereocenters. The molecule has 0 heterocycles. The van der Waals surface area contributed by atoms with Gasteiger partial charge in [-0.1, -0.05) is 18.2 Å². The summed E-state index contributed by atoms with van der Waals surface area (Å²) < 4.78 is 5.00. The lowest BCUT2D eigenvalue weighted by Crippen LogP contribution is -2.10. The molecule has 0 bridgehead atoms. The largest absolute Gasteiger partial charge is 0.504 e. The summed E-state index contributed by atoms with van der Waals surface area (Å²) >= 11 is 0. The Kier molecular flexibility index (Phi) is 4.66. The molecule has 0 fully saturated rings. The summed E-state index contributed by atoms with van der Waals surface area (Å²) in [7, 11) is 1.51. The zero-order chi connectivity index (χ0) is 15.2. The van der Waals surface area contributed by atoms with Gasteiger partial charge in [-0.15, -0.1) is 0 Å².